The third kappa shape index (κ3) is 5.83. The maximum atomic E-state index is 12.6. The summed E-state index contributed by atoms with van der Waals surface area (Å²) in [5.41, 5.74) is 1.52. The fourth-order valence-corrected chi connectivity index (χ4v) is 2.70. The van der Waals surface area contributed by atoms with E-state index in [1.165, 1.54) is 0 Å². The van der Waals surface area contributed by atoms with Crippen molar-refractivity contribution >= 4 is 44.9 Å². The fraction of sp³-hybridized carbons (Fsp3) is 0.211. The Balaban J connectivity index is 2.07. The number of thiocarbonyl (C=S) groups is 1. The molecular weight excluding hydrogens is 414 g/mol. The van der Waals surface area contributed by atoms with E-state index in [0.29, 0.717) is 29.2 Å². The molecule has 0 saturated carbocycles. The third-order valence-corrected chi connectivity index (χ3v) is 4.12. The molecular formula is C19H18BrN3O2S. The molecule has 0 radical (unpaired) electrons. The standard InChI is InChI=1S/C19H18BrN3O2S/c1-2-3-9-25-17-8-7-14(20)11-16(17)18(24)23-19(26)22-15-6-4-5-13(10-15)12-21/h4-8,10-11H,2-3,9H2,1H3,(H2,22,23,24,26). The summed E-state index contributed by atoms with van der Waals surface area (Å²) < 4.78 is 6.47. The van der Waals surface area contributed by atoms with E-state index >= 15 is 0 Å². The van der Waals surface area contributed by atoms with Gasteiger partial charge in [-0.1, -0.05) is 35.3 Å². The van der Waals surface area contributed by atoms with Crippen molar-refractivity contribution in [2.45, 2.75) is 19.8 Å². The molecule has 2 aromatic rings. The monoisotopic (exact) mass is 431 g/mol. The van der Waals surface area contributed by atoms with Gasteiger partial charge in [0.2, 0.25) is 0 Å². The number of carbonyl (C=O) groups excluding carboxylic acids is 1. The first kappa shape index (κ1) is 19.9. The van der Waals surface area contributed by atoms with Crippen LogP contribution in [0.3, 0.4) is 0 Å². The molecule has 2 aromatic carbocycles. The molecule has 0 aromatic heterocycles. The van der Waals surface area contributed by atoms with Crippen molar-refractivity contribution in [3.63, 3.8) is 0 Å². The van der Waals surface area contributed by atoms with Crippen LogP contribution >= 0.6 is 28.1 Å². The lowest BCUT2D eigenvalue weighted by molar-refractivity contribution is 0.0973. The average molecular weight is 432 g/mol. The maximum Gasteiger partial charge on any atom is 0.261 e. The first-order valence-corrected chi connectivity index (χ1v) is 9.28. The smallest absolute Gasteiger partial charge is 0.261 e. The van der Waals surface area contributed by atoms with Crippen LogP contribution in [0.4, 0.5) is 5.69 Å². The number of rotatable bonds is 6. The predicted molar refractivity (Wildman–Crippen MR) is 109 cm³/mol. The van der Waals surface area contributed by atoms with Gasteiger partial charge in [-0.05, 0) is 55.0 Å². The van der Waals surface area contributed by atoms with Crippen molar-refractivity contribution in [2.24, 2.45) is 0 Å². The number of ether oxygens (including phenoxy) is 1. The number of hydrogen-bond donors (Lipinski definition) is 2. The largest absolute Gasteiger partial charge is 0.493 e. The zero-order chi connectivity index (χ0) is 18.9. The van der Waals surface area contributed by atoms with Crippen molar-refractivity contribution in [1.29, 1.82) is 5.26 Å². The number of hydrogen-bond acceptors (Lipinski definition) is 4. The predicted octanol–water partition coefficient (Wildman–Crippen LogP) is 4.63. The zero-order valence-corrected chi connectivity index (χ0v) is 16.6. The highest BCUT2D eigenvalue weighted by molar-refractivity contribution is 9.10. The lowest BCUT2D eigenvalue weighted by atomic mass is 10.2. The van der Waals surface area contributed by atoms with Crippen LogP contribution in [-0.2, 0) is 0 Å². The van der Waals surface area contributed by atoms with Crippen molar-refractivity contribution in [3.8, 4) is 11.8 Å². The van der Waals surface area contributed by atoms with E-state index in [1.54, 1.807) is 36.4 Å². The molecule has 0 saturated heterocycles. The number of halogens is 1. The Morgan fingerprint density at radius 3 is 2.85 bits per heavy atom. The second-order valence-corrected chi connectivity index (χ2v) is 6.77. The van der Waals surface area contributed by atoms with Gasteiger partial charge in [0.1, 0.15) is 5.75 Å². The lowest BCUT2D eigenvalue weighted by Gasteiger charge is -2.13. The second kappa shape index (κ2) is 9.90. The first-order valence-electron chi connectivity index (χ1n) is 8.08. The number of unbranched alkanes of at least 4 members (excludes halogenated alkanes) is 1. The molecule has 0 aliphatic carbocycles. The fourth-order valence-electron chi connectivity index (χ4n) is 2.13. The maximum absolute atomic E-state index is 12.6. The second-order valence-electron chi connectivity index (χ2n) is 5.44. The van der Waals surface area contributed by atoms with Gasteiger partial charge in [-0.3, -0.25) is 10.1 Å². The van der Waals surface area contributed by atoms with Crippen LogP contribution in [0.5, 0.6) is 5.75 Å². The molecule has 2 rings (SSSR count). The number of amides is 1. The molecule has 0 aliphatic rings. The highest BCUT2D eigenvalue weighted by Gasteiger charge is 2.15. The Morgan fingerprint density at radius 2 is 2.12 bits per heavy atom. The van der Waals surface area contributed by atoms with Gasteiger partial charge in [-0.25, -0.2) is 0 Å². The van der Waals surface area contributed by atoms with Gasteiger partial charge in [0.05, 0.1) is 23.8 Å². The van der Waals surface area contributed by atoms with Gasteiger partial charge in [0.15, 0.2) is 5.11 Å². The SMILES string of the molecule is CCCCOc1ccc(Br)cc1C(=O)NC(=S)Nc1cccc(C#N)c1. The van der Waals surface area contributed by atoms with Crippen LogP contribution in [0, 0.1) is 11.3 Å². The number of anilines is 1. The summed E-state index contributed by atoms with van der Waals surface area (Å²) >= 11 is 8.56. The van der Waals surface area contributed by atoms with Crippen LogP contribution < -0.4 is 15.4 Å². The van der Waals surface area contributed by atoms with Crippen LogP contribution in [0.25, 0.3) is 0 Å². The summed E-state index contributed by atoms with van der Waals surface area (Å²) in [6, 6.07) is 14.2. The molecule has 26 heavy (non-hydrogen) atoms. The molecule has 0 bridgehead atoms. The average Bonchev–Trinajstić information content (AvgIpc) is 2.63. The molecule has 7 heteroatoms. The Hall–Kier alpha value is -2.43. The Bertz CT molecular complexity index is 849. The van der Waals surface area contributed by atoms with Crippen molar-refractivity contribution in [3.05, 3.63) is 58.1 Å². The van der Waals surface area contributed by atoms with Crippen LogP contribution in [-0.4, -0.2) is 17.6 Å². The van der Waals surface area contributed by atoms with Crippen molar-refractivity contribution in [2.75, 3.05) is 11.9 Å². The van der Waals surface area contributed by atoms with Gasteiger partial charge in [0, 0.05) is 10.2 Å². The Morgan fingerprint density at radius 1 is 1.31 bits per heavy atom. The first-order chi connectivity index (χ1) is 12.5. The van der Waals surface area contributed by atoms with Crippen LogP contribution in [0.15, 0.2) is 46.9 Å². The van der Waals surface area contributed by atoms with E-state index in [0.717, 1.165) is 17.3 Å². The van der Waals surface area contributed by atoms with E-state index in [2.05, 4.69) is 39.6 Å². The molecule has 0 heterocycles. The van der Waals surface area contributed by atoms with E-state index < -0.39 is 0 Å². The van der Waals surface area contributed by atoms with Crippen LogP contribution in [0.1, 0.15) is 35.7 Å². The van der Waals surface area contributed by atoms with Gasteiger partial charge in [-0.15, -0.1) is 0 Å². The molecule has 0 aliphatic heterocycles. The Kier molecular flexibility index (Phi) is 7.57. The van der Waals surface area contributed by atoms with Gasteiger partial charge < -0.3 is 10.1 Å². The molecule has 134 valence electrons. The summed E-state index contributed by atoms with van der Waals surface area (Å²) in [7, 11) is 0. The van der Waals surface area contributed by atoms with Gasteiger partial charge >= 0.3 is 0 Å². The quantitative estimate of drug-likeness (QED) is 0.515. The Labute approximate surface area is 166 Å². The molecule has 5 nitrogen and oxygen atoms in total. The van der Waals surface area contributed by atoms with Crippen molar-refractivity contribution < 1.29 is 9.53 Å². The van der Waals surface area contributed by atoms with E-state index in [9.17, 15) is 4.79 Å². The summed E-state index contributed by atoms with van der Waals surface area (Å²) in [6.45, 7) is 2.62. The van der Waals surface area contributed by atoms with Gasteiger partial charge in [-0.2, -0.15) is 5.26 Å². The molecule has 0 spiro atoms. The number of benzene rings is 2. The number of carbonyl (C=O) groups is 1. The zero-order valence-electron chi connectivity index (χ0n) is 14.2. The van der Waals surface area contributed by atoms with E-state index in [1.807, 2.05) is 6.07 Å². The number of nitrogens with zero attached hydrogens (tertiary/aromatic N) is 1. The van der Waals surface area contributed by atoms with Crippen LogP contribution in [0.2, 0.25) is 0 Å². The highest BCUT2D eigenvalue weighted by atomic mass is 79.9. The molecule has 1 amide bonds. The van der Waals surface area contributed by atoms with Crippen molar-refractivity contribution in [1.82, 2.24) is 5.32 Å². The minimum absolute atomic E-state index is 0.143. The van der Waals surface area contributed by atoms with E-state index in [4.69, 9.17) is 22.2 Å². The molecule has 0 unspecified atom stereocenters. The highest BCUT2D eigenvalue weighted by Crippen LogP contribution is 2.23. The topological polar surface area (TPSA) is 74.2 Å². The minimum atomic E-state index is -0.369. The third-order valence-electron chi connectivity index (χ3n) is 3.42. The summed E-state index contributed by atoms with van der Waals surface area (Å²) in [5.74, 6) is 0.139. The van der Waals surface area contributed by atoms with Gasteiger partial charge in [0.25, 0.3) is 5.91 Å². The van der Waals surface area contributed by atoms with E-state index in [-0.39, 0.29) is 11.0 Å². The summed E-state index contributed by atoms with van der Waals surface area (Å²) in [4.78, 5) is 12.6. The number of nitrogens with one attached hydrogen (secondary N) is 2. The number of nitriles is 1. The lowest BCUT2D eigenvalue weighted by Crippen LogP contribution is -2.34. The minimum Gasteiger partial charge on any atom is -0.493 e. The summed E-state index contributed by atoms with van der Waals surface area (Å²) in [5, 5.41) is 14.6. The normalized spacial score (nSPS) is 9.88. The molecule has 2 N–H and O–H groups in total. The summed E-state index contributed by atoms with van der Waals surface area (Å²) in [6.07, 6.45) is 1.92. The molecule has 0 fully saturated rings. The molecule has 0 atom stereocenters.